The van der Waals surface area contributed by atoms with Crippen molar-refractivity contribution >= 4 is 34.7 Å². The number of amides is 2. The third-order valence-corrected chi connectivity index (χ3v) is 5.78. The number of methoxy groups -OCH3 is 1. The lowest BCUT2D eigenvalue weighted by molar-refractivity contribution is -0.132. The maximum Gasteiger partial charge on any atom is 0.300 e. The summed E-state index contributed by atoms with van der Waals surface area (Å²) in [7, 11) is 1.50. The summed E-state index contributed by atoms with van der Waals surface area (Å²) in [6.07, 6.45) is 0. The van der Waals surface area contributed by atoms with Crippen molar-refractivity contribution in [3.63, 3.8) is 0 Å². The number of anilines is 2. The SMILES string of the molecule is CCOc1ccc(/C(O)=C2/C(=O)C(=O)N(c3ccc(NC(C)=O)cc3)C2c2ccccc2OC)cc1. The Balaban J connectivity index is 1.87. The highest BCUT2D eigenvalue weighted by molar-refractivity contribution is 6.51. The summed E-state index contributed by atoms with van der Waals surface area (Å²) in [5.74, 6) is -1.05. The Kier molecular flexibility index (Phi) is 7.05. The molecule has 3 aromatic carbocycles. The Bertz CT molecular complexity index is 1330. The van der Waals surface area contributed by atoms with Crippen LogP contribution in [0, 0.1) is 0 Å². The van der Waals surface area contributed by atoms with Gasteiger partial charge >= 0.3 is 0 Å². The highest BCUT2D eigenvalue weighted by Gasteiger charge is 2.47. The minimum absolute atomic E-state index is 0.0559. The van der Waals surface area contributed by atoms with Gasteiger partial charge in [0.05, 0.1) is 25.3 Å². The summed E-state index contributed by atoms with van der Waals surface area (Å²) < 4.78 is 11.0. The molecule has 0 spiro atoms. The first-order valence-electron chi connectivity index (χ1n) is 11.4. The van der Waals surface area contributed by atoms with Gasteiger partial charge in [0.1, 0.15) is 17.3 Å². The molecule has 8 nitrogen and oxygen atoms in total. The second-order valence-electron chi connectivity index (χ2n) is 8.10. The standard InChI is InChI=1S/C28H26N2O6/c1-4-36-21-15-9-18(10-16-21)26(32)24-25(22-7-5-6-8-23(22)35-3)30(28(34)27(24)33)20-13-11-19(12-14-20)29-17(2)31/h5-16,25,32H,4H2,1-3H3,(H,29,31)/b26-24-. The molecule has 1 aliphatic rings. The molecule has 3 aromatic rings. The molecule has 1 unspecified atom stereocenters. The fourth-order valence-corrected chi connectivity index (χ4v) is 4.23. The van der Waals surface area contributed by atoms with Gasteiger partial charge in [0, 0.05) is 29.4 Å². The van der Waals surface area contributed by atoms with Gasteiger partial charge < -0.3 is 19.9 Å². The number of rotatable bonds is 7. The van der Waals surface area contributed by atoms with Gasteiger partial charge in [-0.3, -0.25) is 19.3 Å². The van der Waals surface area contributed by atoms with Crippen LogP contribution in [0.1, 0.15) is 31.0 Å². The van der Waals surface area contributed by atoms with Crippen LogP contribution in [-0.4, -0.2) is 36.4 Å². The molecule has 1 fully saturated rings. The molecular weight excluding hydrogens is 460 g/mol. The summed E-state index contributed by atoms with van der Waals surface area (Å²) in [5, 5.41) is 14.0. The fourth-order valence-electron chi connectivity index (χ4n) is 4.23. The molecule has 0 radical (unpaired) electrons. The second kappa shape index (κ2) is 10.4. The van der Waals surface area contributed by atoms with Crippen LogP contribution >= 0.6 is 0 Å². The average Bonchev–Trinajstić information content (AvgIpc) is 3.14. The van der Waals surface area contributed by atoms with E-state index in [0.29, 0.717) is 40.6 Å². The van der Waals surface area contributed by atoms with Crippen molar-refractivity contribution in [3.05, 3.63) is 89.5 Å². The smallest absolute Gasteiger partial charge is 0.300 e. The third kappa shape index (κ3) is 4.65. The third-order valence-electron chi connectivity index (χ3n) is 5.78. The topological polar surface area (TPSA) is 105 Å². The summed E-state index contributed by atoms with van der Waals surface area (Å²) in [6, 6.07) is 19.3. The molecule has 4 rings (SSSR count). The number of ketones is 1. The maximum atomic E-state index is 13.3. The number of carbonyl (C=O) groups excluding carboxylic acids is 3. The zero-order valence-electron chi connectivity index (χ0n) is 20.1. The van der Waals surface area contributed by atoms with Crippen LogP contribution in [0.2, 0.25) is 0 Å². The average molecular weight is 487 g/mol. The van der Waals surface area contributed by atoms with Crippen molar-refractivity contribution in [1.29, 1.82) is 0 Å². The largest absolute Gasteiger partial charge is 0.507 e. The monoisotopic (exact) mass is 486 g/mol. The van der Waals surface area contributed by atoms with Crippen molar-refractivity contribution in [3.8, 4) is 11.5 Å². The predicted octanol–water partition coefficient (Wildman–Crippen LogP) is 4.68. The quantitative estimate of drug-likeness (QED) is 0.285. The Morgan fingerprint density at radius 1 is 1.00 bits per heavy atom. The number of para-hydroxylation sites is 1. The highest BCUT2D eigenvalue weighted by Crippen LogP contribution is 2.45. The van der Waals surface area contributed by atoms with E-state index in [1.807, 2.05) is 6.92 Å². The van der Waals surface area contributed by atoms with Gasteiger partial charge in [0.2, 0.25) is 5.91 Å². The number of aliphatic hydroxyl groups excluding tert-OH is 1. The van der Waals surface area contributed by atoms with Crippen molar-refractivity contribution < 1.29 is 29.0 Å². The van der Waals surface area contributed by atoms with Crippen LogP contribution in [0.15, 0.2) is 78.4 Å². The minimum atomic E-state index is -0.945. The van der Waals surface area contributed by atoms with Crippen LogP contribution in [0.5, 0.6) is 11.5 Å². The first-order valence-corrected chi connectivity index (χ1v) is 11.4. The van der Waals surface area contributed by atoms with E-state index in [-0.39, 0.29) is 17.2 Å². The lowest BCUT2D eigenvalue weighted by Crippen LogP contribution is -2.29. The molecule has 0 aromatic heterocycles. The number of hydrogen-bond donors (Lipinski definition) is 2. The molecule has 1 heterocycles. The number of aliphatic hydroxyl groups is 1. The van der Waals surface area contributed by atoms with Crippen molar-refractivity contribution in [2.75, 3.05) is 23.9 Å². The Morgan fingerprint density at radius 3 is 2.28 bits per heavy atom. The van der Waals surface area contributed by atoms with E-state index in [1.54, 1.807) is 72.8 Å². The molecule has 2 N–H and O–H groups in total. The summed E-state index contributed by atoms with van der Waals surface area (Å²) in [4.78, 5) is 39.4. The van der Waals surface area contributed by atoms with Crippen molar-refractivity contribution in [2.45, 2.75) is 19.9 Å². The number of hydrogen-bond acceptors (Lipinski definition) is 6. The number of benzene rings is 3. The molecule has 2 amide bonds. The van der Waals surface area contributed by atoms with E-state index < -0.39 is 17.7 Å². The van der Waals surface area contributed by atoms with Crippen molar-refractivity contribution in [1.82, 2.24) is 0 Å². The van der Waals surface area contributed by atoms with E-state index in [9.17, 15) is 19.5 Å². The Morgan fingerprint density at radius 2 is 1.67 bits per heavy atom. The molecule has 1 saturated heterocycles. The molecule has 0 saturated carbocycles. The van der Waals surface area contributed by atoms with Gasteiger partial charge in [0.25, 0.3) is 11.7 Å². The van der Waals surface area contributed by atoms with Gasteiger partial charge in [-0.15, -0.1) is 0 Å². The number of nitrogens with one attached hydrogen (secondary N) is 1. The number of carbonyl (C=O) groups is 3. The number of Topliss-reactive ketones (excluding diaryl/α,β-unsaturated/α-hetero) is 1. The normalized spacial score (nSPS) is 16.6. The summed E-state index contributed by atoms with van der Waals surface area (Å²) in [5.41, 5.74) is 1.83. The van der Waals surface area contributed by atoms with Gasteiger partial charge in [-0.2, -0.15) is 0 Å². The Labute approximate surface area is 208 Å². The van der Waals surface area contributed by atoms with E-state index in [4.69, 9.17) is 9.47 Å². The fraction of sp³-hybridized carbons (Fsp3) is 0.179. The highest BCUT2D eigenvalue weighted by atomic mass is 16.5. The second-order valence-corrected chi connectivity index (χ2v) is 8.10. The van der Waals surface area contributed by atoms with Crippen LogP contribution < -0.4 is 19.7 Å². The van der Waals surface area contributed by atoms with Gasteiger partial charge in [0.15, 0.2) is 0 Å². The zero-order valence-corrected chi connectivity index (χ0v) is 20.1. The van der Waals surface area contributed by atoms with Gasteiger partial charge in [-0.1, -0.05) is 18.2 Å². The molecule has 8 heteroatoms. The predicted molar refractivity (Wildman–Crippen MR) is 136 cm³/mol. The molecule has 36 heavy (non-hydrogen) atoms. The van der Waals surface area contributed by atoms with E-state index in [0.717, 1.165) is 0 Å². The first kappa shape index (κ1) is 24.5. The lowest BCUT2D eigenvalue weighted by atomic mass is 9.94. The van der Waals surface area contributed by atoms with E-state index in [2.05, 4.69) is 5.32 Å². The van der Waals surface area contributed by atoms with Crippen LogP contribution in [0.25, 0.3) is 5.76 Å². The zero-order chi connectivity index (χ0) is 25.8. The molecular formula is C28H26N2O6. The molecule has 1 atom stereocenters. The number of nitrogens with zero attached hydrogens (tertiary/aromatic N) is 1. The Hall–Kier alpha value is -4.59. The number of ether oxygens (including phenoxy) is 2. The van der Waals surface area contributed by atoms with Crippen LogP contribution in [0.4, 0.5) is 11.4 Å². The lowest BCUT2D eigenvalue weighted by Gasteiger charge is -2.26. The van der Waals surface area contributed by atoms with Crippen LogP contribution in [0.3, 0.4) is 0 Å². The molecule has 0 bridgehead atoms. The van der Waals surface area contributed by atoms with Gasteiger partial charge in [-0.05, 0) is 61.5 Å². The van der Waals surface area contributed by atoms with Gasteiger partial charge in [-0.25, -0.2) is 0 Å². The van der Waals surface area contributed by atoms with Crippen molar-refractivity contribution in [2.24, 2.45) is 0 Å². The van der Waals surface area contributed by atoms with E-state index in [1.165, 1.54) is 18.9 Å². The first-order chi connectivity index (χ1) is 17.3. The summed E-state index contributed by atoms with van der Waals surface area (Å²) >= 11 is 0. The molecule has 184 valence electrons. The molecule has 0 aliphatic carbocycles. The molecule has 1 aliphatic heterocycles. The minimum Gasteiger partial charge on any atom is -0.507 e. The van der Waals surface area contributed by atoms with Crippen LogP contribution in [-0.2, 0) is 14.4 Å². The maximum absolute atomic E-state index is 13.3. The summed E-state index contributed by atoms with van der Waals surface area (Å²) in [6.45, 7) is 3.76. The van der Waals surface area contributed by atoms with E-state index >= 15 is 0 Å².